The van der Waals surface area contributed by atoms with Crippen molar-refractivity contribution in [1.29, 1.82) is 0 Å². The number of para-hydroxylation sites is 1. The molecular formula is C15H17N3S. The number of aryl methyl sites for hydroxylation is 1. The molecule has 0 spiro atoms. The van der Waals surface area contributed by atoms with Crippen LogP contribution in [-0.4, -0.2) is 16.5 Å². The lowest BCUT2D eigenvalue weighted by Crippen LogP contribution is -2.15. The average Bonchev–Trinajstić information content (AvgIpc) is 3.02. The van der Waals surface area contributed by atoms with Gasteiger partial charge < -0.3 is 10.3 Å². The van der Waals surface area contributed by atoms with Crippen molar-refractivity contribution >= 4 is 22.2 Å². The molecule has 0 saturated heterocycles. The molecule has 0 unspecified atom stereocenters. The standard InChI is InChI=1S/C15H17N3S/c1-11-17-10-13(19-11)9-16-7-6-12-8-18-15-5-3-2-4-14(12)15/h2-5,8,10,16,18H,6-7,9H2,1H3. The fraction of sp³-hybridized carbons (Fsp3) is 0.267. The number of aromatic nitrogens is 2. The molecule has 19 heavy (non-hydrogen) atoms. The van der Waals surface area contributed by atoms with Crippen molar-refractivity contribution in [2.75, 3.05) is 6.54 Å². The number of thiazole rings is 1. The maximum Gasteiger partial charge on any atom is 0.0897 e. The lowest BCUT2D eigenvalue weighted by Gasteiger charge is -2.02. The molecule has 2 N–H and O–H groups in total. The minimum absolute atomic E-state index is 0.911. The van der Waals surface area contributed by atoms with E-state index < -0.39 is 0 Å². The van der Waals surface area contributed by atoms with E-state index >= 15 is 0 Å². The third kappa shape index (κ3) is 2.85. The number of hydrogen-bond donors (Lipinski definition) is 2. The lowest BCUT2D eigenvalue weighted by molar-refractivity contribution is 0.694. The first kappa shape index (κ1) is 12.4. The summed E-state index contributed by atoms with van der Waals surface area (Å²) < 4.78 is 0. The summed E-state index contributed by atoms with van der Waals surface area (Å²) in [6.07, 6.45) is 5.11. The van der Waals surface area contributed by atoms with Crippen molar-refractivity contribution < 1.29 is 0 Å². The van der Waals surface area contributed by atoms with Crippen molar-refractivity contribution in [3.05, 3.63) is 52.1 Å². The first-order chi connectivity index (χ1) is 9.33. The van der Waals surface area contributed by atoms with Gasteiger partial charge in [0.25, 0.3) is 0 Å². The molecule has 98 valence electrons. The van der Waals surface area contributed by atoms with Crippen LogP contribution in [-0.2, 0) is 13.0 Å². The quantitative estimate of drug-likeness (QED) is 0.699. The molecule has 3 aromatic rings. The highest BCUT2D eigenvalue weighted by atomic mass is 32.1. The summed E-state index contributed by atoms with van der Waals surface area (Å²) in [4.78, 5) is 8.88. The van der Waals surface area contributed by atoms with Gasteiger partial charge in [-0.05, 0) is 31.5 Å². The Morgan fingerprint density at radius 2 is 2.21 bits per heavy atom. The number of nitrogens with zero attached hydrogens (tertiary/aromatic N) is 1. The van der Waals surface area contributed by atoms with E-state index in [1.54, 1.807) is 11.3 Å². The summed E-state index contributed by atoms with van der Waals surface area (Å²) in [5.74, 6) is 0. The normalized spacial score (nSPS) is 11.2. The number of rotatable bonds is 5. The van der Waals surface area contributed by atoms with E-state index in [2.05, 4.69) is 45.7 Å². The van der Waals surface area contributed by atoms with Gasteiger partial charge in [-0.1, -0.05) is 18.2 Å². The van der Waals surface area contributed by atoms with Crippen LogP contribution in [0.4, 0.5) is 0 Å². The molecule has 0 aliphatic rings. The van der Waals surface area contributed by atoms with Crippen LogP contribution in [0, 0.1) is 6.92 Å². The molecule has 1 aromatic carbocycles. The number of aromatic amines is 1. The molecule has 0 fully saturated rings. The van der Waals surface area contributed by atoms with E-state index in [1.165, 1.54) is 21.3 Å². The summed E-state index contributed by atoms with van der Waals surface area (Å²) in [7, 11) is 0. The Morgan fingerprint density at radius 3 is 3.05 bits per heavy atom. The summed E-state index contributed by atoms with van der Waals surface area (Å²) in [6, 6.07) is 8.44. The molecule has 0 amide bonds. The molecule has 0 saturated carbocycles. The van der Waals surface area contributed by atoms with Crippen LogP contribution in [0.1, 0.15) is 15.4 Å². The van der Waals surface area contributed by atoms with Crippen LogP contribution in [0.2, 0.25) is 0 Å². The largest absolute Gasteiger partial charge is 0.361 e. The number of nitrogens with one attached hydrogen (secondary N) is 2. The Morgan fingerprint density at radius 1 is 1.32 bits per heavy atom. The van der Waals surface area contributed by atoms with E-state index in [4.69, 9.17) is 0 Å². The maximum atomic E-state index is 4.26. The summed E-state index contributed by atoms with van der Waals surface area (Å²) in [5, 5.41) is 5.94. The van der Waals surface area contributed by atoms with Crippen molar-refractivity contribution in [2.24, 2.45) is 0 Å². The van der Waals surface area contributed by atoms with Gasteiger partial charge in [0.05, 0.1) is 5.01 Å². The van der Waals surface area contributed by atoms with E-state index in [0.29, 0.717) is 0 Å². The molecule has 2 heterocycles. The molecule has 3 rings (SSSR count). The second kappa shape index (κ2) is 5.55. The van der Waals surface area contributed by atoms with Gasteiger partial charge in [-0.2, -0.15) is 0 Å². The van der Waals surface area contributed by atoms with E-state index in [9.17, 15) is 0 Å². The van der Waals surface area contributed by atoms with Gasteiger partial charge in [-0.15, -0.1) is 11.3 Å². The van der Waals surface area contributed by atoms with Gasteiger partial charge in [0.15, 0.2) is 0 Å². The second-order valence-corrected chi connectivity index (χ2v) is 5.95. The Hall–Kier alpha value is -1.65. The van der Waals surface area contributed by atoms with E-state index in [1.807, 2.05) is 13.1 Å². The third-order valence-corrected chi connectivity index (χ3v) is 4.13. The summed E-state index contributed by atoms with van der Waals surface area (Å²) >= 11 is 1.76. The molecule has 0 radical (unpaired) electrons. The average molecular weight is 271 g/mol. The predicted molar refractivity (Wildman–Crippen MR) is 80.6 cm³/mol. The third-order valence-electron chi connectivity index (χ3n) is 3.21. The zero-order chi connectivity index (χ0) is 13.1. The zero-order valence-corrected chi connectivity index (χ0v) is 11.8. The van der Waals surface area contributed by atoms with Gasteiger partial charge >= 0.3 is 0 Å². The number of H-pyrrole nitrogens is 1. The van der Waals surface area contributed by atoms with Crippen LogP contribution in [0.15, 0.2) is 36.7 Å². The minimum Gasteiger partial charge on any atom is -0.361 e. The van der Waals surface area contributed by atoms with Crippen LogP contribution in [0.5, 0.6) is 0 Å². The smallest absolute Gasteiger partial charge is 0.0897 e. The van der Waals surface area contributed by atoms with Gasteiger partial charge in [-0.25, -0.2) is 4.98 Å². The minimum atomic E-state index is 0.911. The molecular weight excluding hydrogens is 254 g/mol. The van der Waals surface area contributed by atoms with Crippen molar-refractivity contribution in [1.82, 2.24) is 15.3 Å². The van der Waals surface area contributed by atoms with Gasteiger partial charge in [0.1, 0.15) is 0 Å². The number of benzene rings is 1. The van der Waals surface area contributed by atoms with E-state index in [-0.39, 0.29) is 0 Å². The molecule has 0 aliphatic carbocycles. The lowest BCUT2D eigenvalue weighted by atomic mass is 10.1. The highest BCUT2D eigenvalue weighted by Gasteiger charge is 2.02. The monoisotopic (exact) mass is 271 g/mol. The molecule has 3 nitrogen and oxygen atoms in total. The topological polar surface area (TPSA) is 40.7 Å². The van der Waals surface area contributed by atoms with Crippen LogP contribution in [0.25, 0.3) is 10.9 Å². The SMILES string of the molecule is Cc1ncc(CNCCc2c[nH]c3ccccc23)s1. The molecule has 0 bridgehead atoms. The first-order valence-electron chi connectivity index (χ1n) is 6.50. The van der Waals surface area contributed by atoms with Crippen molar-refractivity contribution in [2.45, 2.75) is 19.9 Å². The molecule has 4 heteroatoms. The molecule has 0 atom stereocenters. The van der Waals surface area contributed by atoms with Gasteiger partial charge in [0.2, 0.25) is 0 Å². The summed E-state index contributed by atoms with van der Waals surface area (Å²) in [5.41, 5.74) is 2.60. The van der Waals surface area contributed by atoms with Crippen LogP contribution >= 0.6 is 11.3 Å². The zero-order valence-electron chi connectivity index (χ0n) is 10.9. The highest BCUT2D eigenvalue weighted by molar-refractivity contribution is 7.11. The van der Waals surface area contributed by atoms with Crippen LogP contribution < -0.4 is 5.32 Å². The Labute approximate surface area is 116 Å². The number of fused-ring (bicyclic) bond motifs is 1. The van der Waals surface area contributed by atoms with Gasteiger partial charge in [0, 0.05) is 34.7 Å². The van der Waals surface area contributed by atoms with Crippen molar-refractivity contribution in [3.8, 4) is 0 Å². The Balaban J connectivity index is 1.55. The molecule has 0 aliphatic heterocycles. The maximum absolute atomic E-state index is 4.26. The fourth-order valence-corrected chi connectivity index (χ4v) is 3.02. The Kier molecular flexibility index (Phi) is 3.62. The fourth-order valence-electron chi connectivity index (χ4n) is 2.26. The Bertz CT molecular complexity index is 669. The van der Waals surface area contributed by atoms with Crippen LogP contribution in [0.3, 0.4) is 0 Å². The number of hydrogen-bond acceptors (Lipinski definition) is 3. The summed E-state index contributed by atoms with van der Waals surface area (Å²) in [6.45, 7) is 3.94. The predicted octanol–water partition coefficient (Wildman–Crippen LogP) is 3.27. The second-order valence-electron chi connectivity index (χ2n) is 4.63. The molecule has 2 aromatic heterocycles. The van der Waals surface area contributed by atoms with E-state index in [0.717, 1.165) is 24.5 Å². The van der Waals surface area contributed by atoms with Crippen molar-refractivity contribution in [3.63, 3.8) is 0 Å². The van der Waals surface area contributed by atoms with Gasteiger partial charge in [-0.3, -0.25) is 0 Å². The first-order valence-corrected chi connectivity index (χ1v) is 7.31. The highest BCUT2D eigenvalue weighted by Crippen LogP contribution is 2.17.